The highest BCUT2D eigenvalue weighted by molar-refractivity contribution is 7.89. The fourth-order valence-corrected chi connectivity index (χ4v) is 4.70. The first kappa shape index (κ1) is 22.0. The molecule has 0 aliphatic carbocycles. The van der Waals surface area contributed by atoms with Gasteiger partial charge in [-0.15, -0.1) is 0 Å². The zero-order valence-corrected chi connectivity index (χ0v) is 17.6. The van der Waals surface area contributed by atoms with Crippen molar-refractivity contribution in [2.75, 3.05) is 38.5 Å². The van der Waals surface area contributed by atoms with Crippen LogP contribution in [0, 0.1) is 0 Å². The second kappa shape index (κ2) is 10.4. The van der Waals surface area contributed by atoms with Gasteiger partial charge in [0.05, 0.1) is 12.0 Å². The van der Waals surface area contributed by atoms with Gasteiger partial charge >= 0.3 is 0 Å². The maximum absolute atomic E-state index is 12.5. The van der Waals surface area contributed by atoms with Gasteiger partial charge in [0.15, 0.2) is 5.76 Å². The summed E-state index contributed by atoms with van der Waals surface area (Å²) in [7, 11) is -3.49. The summed E-state index contributed by atoms with van der Waals surface area (Å²) in [5, 5.41) is 2.69. The molecule has 0 unspecified atom stereocenters. The summed E-state index contributed by atoms with van der Waals surface area (Å²) in [6, 6.07) is 13.2. The van der Waals surface area contributed by atoms with Crippen molar-refractivity contribution in [3.63, 3.8) is 0 Å². The minimum Gasteiger partial charge on any atom is -0.459 e. The Hall–Kier alpha value is -2.65. The molecule has 1 aromatic carbocycles. The maximum atomic E-state index is 12.5. The molecule has 0 bridgehead atoms. The summed E-state index contributed by atoms with van der Waals surface area (Å²) in [6.07, 6.45) is 3.33. The van der Waals surface area contributed by atoms with Gasteiger partial charge in [-0.3, -0.25) is 9.59 Å². The highest BCUT2D eigenvalue weighted by atomic mass is 32.2. The SMILES string of the molecule is O=C(CCCc1ccccc1)NCCS(=O)(=O)N1CCN(C(=O)c2ccco2)CC1. The topological polar surface area (TPSA) is 99.9 Å². The number of hydrogen-bond donors (Lipinski definition) is 1. The van der Waals surface area contributed by atoms with E-state index in [1.165, 1.54) is 16.1 Å². The summed E-state index contributed by atoms with van der Waals surface area (Å²) in [6.45, 7) is 1.17. The molecule has 162 valence electrons. The predicted octanol–water partition coefficient (Wildman–Crippen LogP) is 1.51. The molecule has 1 aliphatic heterocycles. The number of piperazine rings is 1. The molecule has 0 radical (unpaired) electrons. The minimum absolute atomic E-state index is 0.0814. The van der Waals surface area contributed by atoms with E-state index in [0.717, 1.165) is 6.42 Å². The van der Waals surface area contributed by atoms with E-state index in [1.807, 2.05) is 30.3 Å². The molecule has 2 amide bonds. The Morgan fingerprint density at radius 1 is 1.00 bits per heavy atom. The molecule has 3 rings (SSSR count). The predicted molar refractivity (Wildman–Crippen MR) is 112 cm³/mol. The van der Waals surface area contributed by atoms with Crippen LogP contribution in [0.1, 0.15) is 29.0 Å². The van der Waals surface area contributed by atoms with Crippen molar-refractivity contribution >= 4 is 21.8 Å². The molecule has 1 aliphatic rings. The highest BCUT2D eigenvalue weighted by Gasteiger charge is 2.29. The van der Waals surface area contributed by atoms with Gasteiger partial charge in [0, 0.05) is 39.1 Å². The smallest absolute Gasteiger partial charge is 0.289 e. The fraction of sp³-hybridized carbons (Fsp3) is 0.429. The number of nitrogens with one attached hydrogen (secondary N) is 1. The van der Waals surface area contributed by atoms with Crippen LogP contribution in [0.5, 0.6) is 0 Å². The Bertz CT molecular complexity index is 921. The molecule has 1 aromatic heterocycles. The molecule has 1 saturated heterocycles. The van der Waals surface area contributed by atoms with Gasteiger partial charge in [-0.1, -0.05) is 30.3 Å². The molecule has 0 spiro atoms. The van der Waals surface area contributed by atoms with Gasteiger partial charge in [-0.05, 0) is 30.5 Å². The molecule has 8 nitrogen and oxygen atoms in total. The molecule has 1 N–H and O–H groups in total. The van der Waals surface area contributed by atoms with E-state index in [2.05, 4.69) is 5.32 Å². The van der Waals surface area contributed by atoms with Crippen LogP contribution >= 0.6 is 0 Å². The molecule has 2 heterocycles. The lowest BCUT2D eigenvalue weighted by Crippen LogP contribution is -2.51. The lowest BCUT2D eigenvalue weighted by atomic mass is 10.1. The second-order valence-electron chi connectivity index (χ2n) is 7.17. The molecule has 2 aromatic rings. The van der Waals surface area contributed by atoms with Crippen LogP contribution in [0.3, 0.4) is 0 Å². The van der Waals surface area contributed by atoms with Crippen LogP contribution in [-0.2, 0) is 21.2 Å². The standard InChI is InChI=1S/C21H27N3O5S/c25-20(10-4-8-18-6-2-1-3-7-18)22-11-17-30(27,28)24-14-12-23(13-15-24)21(26)19-9-5-16-29-19/h1-3,5-7,9,16H,4,8,10-15,17H2,(H,22,25). The molecule has 0 atom stereocenters. The number of rotatable bonds is 9. The Labute approximate surface area is 176 Å². The number of aryl methyl sites for hydroxylation is 1. The monoisotopic (exact) mass is 433 g/mol. The Kier molecular flexibility index (Phi) is 7.64. The molecule has 0 saturated carbocycles. The van der Waals surface area contributed by atoms with E-state index in [0.29, 0.717) is 25.9 Å². The molecular formula is C21H27N3O5S. The Balaban J connectivity index is 1.35. The van der Waals surface area contributed by atoms with Crippen molar-refractivity contribution in [2.24, 2.45) is 0 Å². The number of furan rings is 1. The minimum atomic E-state index is -3.49. The van der Waals surface area contributed by atoms with Gasteiger partial charge < -0.3 is 14.6 Å². The highest BCUT2D eigenvalue weighted by Crippen LogP contribution is 2.12. The van der Waals surface area contributed by atoms with Crippen molar-refractivity contribution < 1.29 is 22.4 Å². The quantitative estimate of drug-likeness (QED) is 0.646. The average molecular weight is 434 g/mol. The number of carbonyl (C=O) groups is 2. The van der Waals surface area contributed by atoms with Crippen molar-refractivity contribution in [3.8, 4) is 0 Å². The number of carbonyl (C=O) groups excluding carboxylic acids is 2. The van der Waals surface area contributed by atoms with Gasteiger partial charge in [-0.25, -0.2) is 8.42 Å². The van der Waals surface area contributed by atoms with Crippen LogP contribution < -0.4 is 5.32 Å². The van der Waals surface area contributed by atoms with E-state index in [4.69, 9.17) is 4.42 Å². The first-order valence-corrected chi connectivity index (χ1v) is 11.7. The zero-order chi connectivity index (χ0) is 21.4. The first-order chi connectivity index (χ1) is 14.5. The Morgan fingerprint density at radius 3 is 2.40 bits per heavy atom. The largest absolute Gasteiger partial charge is 0.459 e. The van der Waals surface area contributed by atoms with Gasteiger partial charge in [0.25, 0.3) is 5.91 Å². The third-order valence-electron chi connectivity index (χ3n) is 5.05. The van der Waals surface area contributed by atoms with Crippen LogP contribution in [0.4, 0.5) is 0 Å². The van der Waals surface area contributed by atoms with E-state index in [1.54, 1.807) is 17.0 Å². The molecule has 1 fully saturated rings. The Morgan fingerprint density at radius 2 is 1.73 bits per heavy atom. The molecular weight excluding hydrogens is 406 g/mol. The summed E-state index contributed by atoms with van der Waals surface area (Å²) < 4.78 is 31.5. The van der Waals surface area contributed by atoms with Gasteiger partial charge in [0.2, 0.25) is 15.9 Å². The van der Waals surface area contributed by atoms with E-state index in [9.17, 15) is 18.0 Å². The van der Waals surface area contributed by atoms with Crippen molar-refractivity contribution in [3.05, 3.63) is 60.1 Å². The normalized spacial score (nSPS) is 15.1. The number of nitrogens with zero attached hydrogens (tertiary/aromatic N) is 2. The van der Waals surface area contributed by atoms with Crippen molar-refractivity contribution in [1.29, 1.82) is 0 Å². The zero-order valence-electron chi connectivity index (χ0n) is 16.8. The second-order valence-corrected chi connectivity index (χ2v) is 9.26. The summed E-state index contributed by atoms with van der Waals surface area (Å²) in [5.74, 6) is -0.278. The van der Waals surface area contributed by atoms with E-state index >= 15 is 0 Å². The lowest BCUT2D eigenvalue weighted by molar-refractivity contribution is -0.121. The van der Waals surface area contributed by atoms with Gasteiger partial charge in [-0.2, -0.15) is 4.31 Å². The fourth-order valence-electron chi connectivity index (χ4n) is 3.36. The van der Waals surface area contributed by atoms with E-state index in [-0.39, 0.29) is 43.0 Å². The molecule has 30 heavy (non-hydrogen) atoms. The summed E-state index contributed by atoms with van der Waals surface area (Å²) >= 11 is 0. The first-order valence-electron chi connectivity index (χ1n) is 10.1. The van der Waals surface area contributed by atoms with Crippen molar-refractivity contribution in [2.45, 2.75) is 19.3 Å². The summed E-state index contributed by atoms with van der Waals surface area (Å²) in [4.78, 5) is 25.8. The van der Waals surface area contributed by atoms with E-state index < -0.39 is 10.0 Å². The lowest BCUT2D eigenvalue weighted by Gasteiger charge is -2.33. The third-order valence-corrected chi connectivity index (χ3v) is 6.92. The van der Waals surface area contributed by atoms with Gasteiger partial charge in [0.1, 0.15) is 0 Å². The van der Waals surface area contributed by atoms with Crippen LogP contribution in [0.25, 0.3) is 0 Å². The van der Waals surface area contributed by atoms with Crippen LogP contribution in [-0.4, -0.2) is 67.9 Å². The van der Waals surface area contributed by atoms with Crippen LogP contribution in [0.2, 0.25) is 0 Å². The third kappa shape index (κ3) is 6.17. The van der Waals surface area contributed by atoms with Crippen molar-refractivity contribution in [1.82, 2.24) is 14.5 Å². The summed E-state index contributed by atoms with van der Waals surface area (Å²) in [5.41, 5.74) is 1.18. The number of amides is 2. The number of sulfonamides is 1. The maximum Gasteiger partial charge on any atom is 0.289 e. The average Bonchev–Trinajstić information content (AvgIpc) is 3.29. The molecule has 9 heteroatoms. The number of hydrogen-bond acceptors (Lipinski definition) is 5. The number of benzene rings is 1. The van der Waals surface area contributed by atoms with Crippen LogP contribution in [0.15, 0.2) is 53.1 Å².